The fourth-order valence-corrected chi connectivity index (χ4v) is 13.1. The zero-order valence-corrected chi connectivity index (χ0v) is 12.4. The lowest BCUT2D eigenvalue weighted by Gasteiger charge is -2.48. The molecule has 0 radical (unpaired) electrons. The lowest BCUT2D eigenvalue weighted by molar-refractivity contribution is 0.224. The van der Waals surface area contributed by atoms with E-state index in [1.165, 1.54) is 0 Å². The smallest absolute Gasteiger partial charge is 0.0618 e. The zero-order valence-electron chi connectivity index (χ0n) is 9.13. The SMILES string of the molecule is CC(C)(C)C1(C(C)(C)C)SSSS1. The van der Waals surface area contributed by atoms with Gasteiger partial charge < -0.3 is 0 Å². The molecule has 1 rings (SSSR count). The van der Waals surface area contributed by atoms with Crippen LogP contribution in [0.4, 0.5) is 0 Å². The van der Waals surface area contributed by atoms with Crippen LogP contribution in [-0.2, 0) is 0 Å². The highest BCUT2D eigenvalue weighted by atomic mass is 33.7. The second-order valence-electron chi connectivity index (χ2n) is 5.42. The molecule has 0 nitrogen and oxygen atoms in total. The van der Waals surface area contributed by atoms with E-state index >= 15 is 0 Å². The van der Waals surface area contributed by atoms with Crippen molar-refractivity contribution in [1.82, 2.24) is 0 Å². The Morgan fingerprint density at radius 2 is 1.00 bits per heavy atom. The van der Waals surface area contributed by atoms with Crippen molar-refractivity contribution < 1.29 is 0 Å². The summed E-state index contributed by atoms with van der Waals surface area (Å²) in [5, 5.41) is 0. The van der Waals surface area contributed by atoms with Crippen LogP contribution in [0.3, 0.4) is 0 Å². The molecule has 1 heterocycles. The number of hydrogen-bond acceptors (Lipinski definition) is 4. The van der Waals surface area contributed by atoms with Gasteiger partial charge in [-0.3, -0.25) is 0 Å². The Morgan fingerprint density at radius 3 is 1.15 bits per heavy atom. The first-order valence-electron chi connectivity index (χ1n) is 4.41. The van der Waals surface area contributed by atoms with Crippen LogP contribution in [0, 0.1) is 10.8 Å². The Kier molecular flexibility index (Phi) is 3.61. The van der Waals surface area contributed by atoms with Crippen molar-refractivity contribution in [3.63, 3.8) is 0 Å². The van der Waals surface area contributed by atoms with E-state index < -0.39 is 0 Å². The molecule has 0 saturated carbocycles. The molecule has 1 aliphatic rings. The summed E-state index contributed by atoms with van der Waals surface area (Å²) in [7, 11) is 7.95. The molecule has 13 heavy (non-hydrogen) atoms. The average Bonchev–Trinajstić information content (AvgIpc) is 2.28. The Bertz CT molecular complexity index is 165. The van der Waals surface area contributed by atoms with Crippen molar-refractivity contribution in [1.29, 1.82) is 0 Å². The van der Waals surface area contributed by atoms with Gasteiger partial charge in [-0.1, -0.05) is 63.1 Å². The Hall–Kier alpha value is 1.40. The summed E-state index contributed by atoms with van der Waals surface area (Å²) < 4.78 is 0.329. The predicted molar refractivity (Wildman–Crippen MR) is 72.0 cm³/mol. The topological polar surface area (TPSA) is 0 Å². The summed E-state index contributed by atoms with van der Waals surface area (Å²) >= 11 is 0. The molecule has 0 aliphatic carbocycles. The van der Waals surface area contributed by atoms with Gasteiger partial charge in [0.1, 0.15) is 0 Å². The third-order valence-corrected chi connectivity index (χ3v) is 11.8. The van der Waals surface area contributed by atoms with Crippen molar-refractivity contribution in [2.24, 2.45) is 10.8 Å². The second kappa shape index (κ2) is 3.76. The Morgan fingerprint density at radius 1 is 0.692 bits per heavy atom. The van der Waals surface area contributed by atoms with E-state index in [4.69, 9.17) is 0 Å². The normalized spacial score (nSPS) is 23.5. The number of hydrogen-bond donors (Lipinski definition) is 0. The average molecular weight is 255 g/mol. The highest BCUT2D eigenvalue weighted by Crippen LogP contribution is 2.75. The maximum Gasteiger partial charge on any atom is 0.0929 e. The van der Waals surface area contributed by atoms with Crippen LogP contribution in [0.5, 0.6) is 0 Å². The van der Waals surface area contributed by atoms with Gasteiger partial charge in [-0.2, -0.15) is 0 Å². The van der Waals surface area contributed by atoms with Crippen LogP contribution in [0.15, 0.2) is 0 Å². The van der Waals surface area contributed by atoms with E-state index in [9.17, 15) is 0 Å². The van der Waals surface area contributed by atoms with E-state index in [0.717, 1.165) is 0 Å². The molecule has 0 aromatic rings. The molecule has 0 amide bonds. The van der Waals surface area contributed by atoms with Crippen LogP contribution < -0.4 is 0 Å². The summed E-state index contributed by atoms with van der Waals surface area (Å²) in [6.45, 7) is 14.1. The van der Waals surface area contributed by atoms with Gasteiger partial charge >= 0.3 is 0 Å². The van der Waals surface area contributed by atoms with E-state index in [1.807, 2.05) is 41.2 Å². The van der Waals surface area contributed by atoms with Gasteiger partial charge in [0.2, 0.25) is 0 Å². The third-order valence-electron chi connectivity index (χ3n) is 2.31. The minimum absolute atomic E-state index is 0.329. The summed E-state index contributed by atoms with van der Waals surface area (Å²) in [6.07, 6.45) is 0. The van der Waals surface area contributed by atoms with Crippen LogP contribution in [-0.4, -0.2) is 4.08 Å². The summed E-state index contributed by atoms with van der Waals surface area (Å²) in [6, 6.07) is 0. The lowest BCUT2D eigenvalue weighted by atomic mass is 9.76. The van der Waals surface area contributed by atoms with Gasteiger partial charge in [0.15, 0.2) is 0 Å². The molecule has 0 bridgehead atoms. The van der Waals surface area contributed by atoms with Crippen LogP contribution in [0.2, 0.25) is 0 Å². The molecule has 78 valence electrons. The van der Waals surface area contributed by atoms with Gasteiger partial charge in [-0.25, -0.2) is 0 Å². The van der Waals surface area contributed by atoms with E-state index in [2.05, 4.69) is 41.5 Å². The Balaban J connectivity index is 3.02. The van der Waals surface area contributed by atoms with E-state index in [1.54, 1.807) is 0 Å². The van der Waals surface area contributed by atoms with Crippen LogP contribution in [0.1, 0.15) is 41.5 Å². The van der Waals surface area contributed by atoms with Crippen molar-refractivity contribution >= 4 is 41.2 Å². The molecule has 0 aromatic carbocycles. The van der Waals surface area contributed by atoms with Crippen molar-refractivity contribution in [3.8, 4) is 0 Å². The molecular formula is C9H18S4. The fourth-order valence-electron chi connectivity index (χ4n) is 1.76. The van der Waals surface area contributed by atoms with Crippen LogP contribution in [0.25, 0.3) is 0 Å². The molecule has 0 atom stereocenters. The monoisotopic (exact) mass is 254 g/mol. The molecule has 1 aliphatic heterocycles. The molecule has 4 heteroatoms. The molecule has 0 spiro atoms. The Labute approximate surface area is 97.3 Å². The van der Waals surface area contributed by atoms with E-state index in [0.29, 0.717) is 14.9 Å². The zero-order chi connectivity index (χ0) is 10.3. The van der Waals surface area contributed by atoms with Crippen molar-refractivity contribution in [2.45, 2.75) is 45.6 Å². The quantitative estimate of drug-likeness (QED) is 0.526. The van der Waals surface area contributed by atoms with Gasteiger partial charge in [0.25, 0.3) is 0 Å². The standard InChI is InChI=1S/C9H18S4/c1-7(2,3)9(8(4,5)6)10-12-13-11-9/h1-6H3. The molecule has 0 unspecified atom stereocenters. The first-order valence-corrected chi connectivity index (χ1v) is 9.22. The van der Waals surface area contributed by atoms with Gasteiger partial charge in [0.05, 0.1) is 4.08 Å². The van der Waals surface area contributed by atoms with Crippen LogP contribution >= 0.6 is 41.2 Å². The molecule has 0 aromatic heterocycles. The predicted octanol–water partition coefficient (Wildman–Crippen LogP) is 5.47. The summed E-state index contributed by atoms with van der Waals surface area (Å²) in [5.74, 6) is 0. The number of rotatable bonds is 0. The third kappa shape index (κ3) is 2.16. The first-order chi connectivity index (χ1) is 5.71. The van der Waals surface area contributed by atoms with Crippen molar-refractivity contribution in [2.75, 3.05) is 0 Å². The summed E-state index contributed by atoms with van der Waals surface area (Å²) in [5.41, 5.74) is 0.689. The van der Waals surface area contributed by atoms with Gasteiger partial charge in [-0.05, 0) is 30.5 Å². The minimum atomic E-state index is 0.329. The first kappa shape index (κ1) is 12.5. The molecular weight excluding hydrogens is 236 g/mol. The van der Waals surface area contributed by atoms with E-state index in [-0.39, 0.29) is 0 Å². The minimum Gasteiger partial charge on any atom is -0.0618 e. The largest absolute Gasteiger partial charge is 0.0929 e. The van der Waals surface area contributed by atoms with Crippen molar-refractivity contribution in [3.05, 3.63) is 0 Å². The fraction of sp³-hybridized carbons (Fsp3) is 1.00. The summed E-state index contributed by atoms with van der Waals surface area (Å²) in [4.78, 5) is 0. The lowest BCUT2D eigenvalue weighted by Crippen LogP contribution is -2.45. The maximum atomic E-state index is 2.35. The maximum absolute atomic E-state index is 2.35. The molecule has 1 fully saturated rings. The highest BCUT2D eigenvalue weighted by molar-refractivity contribution is 9.31. The van der Waals surface area contributed by atoms with Gasteiger partial charge in [0, 0.05) is 0 Å². The molecule has 1 saturated heterocycles. The highest BCUT2D eigenvalue weighted by Gasteiger charge is 2.55. The second-order valence-corrected chi connectivity index (χ2v) is 11.8. The molecule has 0 N–H and O–H groups in total. The van der Waals surface area contributed by atoms with Gasteiger partial charge in [-0.15, -0.1) is 0 Å².